The zero-order valence-corrected chi connectivity index (χ0v) is 23.0. The molecule has 10 heteroatoms. The van der Waals surface area contributed by atoms with E-state index in [-0.39, 0.29) is 34.1 Å². The molecule has 2 rings (SSSR count). The van der Waals surface area contributed by atoms with E-state index >= 15 is 0 Å². The van der Waals surface area contributed by atoms with Crippen LogP contribution in [-0.4, -0.2) is 50.5 Å². The number of carbonyl (C=O) groups excluding carboxylic acids is 2. The topological polar surface area (TPSA) is 86.8 Å². The van der Waals surface area contributed by atoms with Gasteiger partial charge < -0.3 is 10.2 Å². The summed E-state index contributed by atoms with van der Waals surface area (Å²) in [5.41, 5.74) is 1.94. The number of anilines is 1. The molecule has 2 aromatic rings. The molecule has 0 aliphatic carbocycles. The highest BCUT2D eigenvalue weighted by atomic mass is 35.5. The maximum absolute atomic E-state index is 13.7. The molecule has 2 aromatic carbocycles. The number of aryl methyl sites for hydroxylation is 1. The van der Waals surface area contributed by atoms with Crippen LogP contribution in [0.5, 0.6) is 0 Å². The molecular weight excluding hydrogens is 509 g/mol. The predicted molar refractivity (Wildman–Crippen MR) is 142 cm³/mol. The Bertz CT molecular complexity index is 1160. The van der Waals surface area contributed by atoms with Gasteiger partial charge in [0.2, 0.25) is 21.8 Å². The Hall–Kier alpha value is -2.29. The minimum atomic E-state index is -3.90. The molecule has 7 nitrogen and oxygen atoms in total. The van der Waals surface area contributed by atoms with E-state index in [1.165, 1.54) is 23.1 Å². The summed E-state index contributed by atoms with van der Waals surface area (Å²) in [6, 6.07) is 11.2. The fourth-order valence-corrected chi connectivity index (χ4v) is 4.91. The van der Waals surface area contributed by atoms with Crippen LogP contribution in [0.2, 0.25) is 10.0 Å². The Labute approximate surface area is 218 Å². The van der Waals surface area contributed by atoms with E-state index in [0.29, 0.717) is 13.0 Å². The molecule has 0 radical (unpaired) electrons. The first-order chi connectivity index (χ1) is 16.3. The number of sulfonamides is 1. The SMILES string of the molecule is CC[C@@H](C(=O)NCC(C)C)N(Cc1cccc(C)c1)C(=O)CN(c1cc(Cl)ccc1Cl)S(C)(=O)=O. The molecule has 0 heterocycles. The summed E-state index contributed by atoms with van der Waals surface area (Å²) in [6.45, 7) is 7.81. The summed E-state index contributed by atoms with van der Waals surface area (Å²) in [5.74, 6) is -0.573. The summed E-state index contributed by atoms with van der Waals surface area (Å²) in [6.07, 6.45) is 1.35. The number of nitrogens with one attached hydrogen (secondary N) is 1. The van der Waals surface area contributed by atoms with Gasteiger partial charge in [0.05, 0.1) is 17.0 Å². The third-order valence-corrected chi connectivity index (χ3v) is 7.04. The fourth-order valence-electron chi connectivity index (χ4n) is 3.62. The standard InChI is InChI=1S/C25H33Cl2N3O4S/c1-6-22(25(32)28-14-17(2)3)29(15-19-9-7-8-18(4)12-19)24(31)16-30(35(5,33)34)23-13-20(26)10-11-21(23)27/h7-13,17,22H,6,14-16H2,1-5H3,(H,28,32)/t22-/m0/s1. The lowest BCUT2D eigenvalue weighted by Gasteiger charge is -2.33. The van der Waals surface area contributed by atoms with Crippen molar-refractivity contribution >= 4 is 50.7 Å². The number of amides is 2. The summed E-state index contributed by atoms with van der Waals surface area (Å²) >= 11 is 12.3. The van der Waals surface area contributed by atoms with E-state index in [1.54, 1.807) is 0 Å². The summed E-state index contributed by atoms with van der Waals surface area (Å²) in [4.78, 5) is 28.2. The van der Waals surface area contributed by atoms with Crippen molar-refractivity contribution in [2.24, 2.45) is 5.92 Å². The maximum Gasteiger partial charge on any atom is 0.244 e. The minimum absolute atomic E-state index is 0.0998. The number of carbonyl (C=O) groups is 2. The van der Waals surface area contributed by atoms with Crippen molar-refractivity contribution in [3.63, 3.8) is 0 Å². The third kappa shape index (κ3) is 8.40. The van der Waals surface area contributed by atoms with E-state index in [2.05, 4.69) is 5.32 Å². The highest BCUT2D eigenvalue weighted by molar-refractivity contribution is 7.92. The Morgan fingerprint density at radius 2 is 1.77 bits per heavy atom. The molecule has 1 atom stereocenters. The lowest BCUT2D eigenvalue weighted by atomic mass is 10.1. The molecule has 0 spiro atoms. The Kier molecular flexibility index (Phi) is 10.4. The van der Waals surface area contributed by atoms with Crippen LogP contribution in [0, 0.1) is 12.8 Å². The van der Waals surface area contributed by atoms with Gasteiger partial charge in [-0.15, -0.1) is 0 Å². The van der Waals surface area contributed by atoms with Crippen LogP contribution in [0.4, 0.5) is 5.69 Å². The lowest BCUT2D eigenvalue weighted by Crippen LogP contribution is -2.52. The van der Waals surface area contributed by atoms with E-state index in [1.807, 2.05) is 52.0 Å². The highest BCUT2D eigenvalue weighted by Gasteiger charge is 2.32. The second-order valence-electron chi connectivity index (χ2n) is 8.94. The van der Waals surface area contributed by atoms with Crippen molar-refractivity contribution < 1.29 is 18.0 Å². The van der Waals surface area contributed by atoms with Gasteiger partial charge >= 0.3 is 0 Å². The van der Waals surface area contributed by atoms with Gasteiger partial charge in [-0.3, -0.25) is 13.9 Å². The van der Waals surface area contributed by atoms with E-state index in [4.69, 9.17) is 23.2 Å². The smallest absolute Gasteiger partial charge is 0.244 e. The van der Waals surface area contributed by atoms with Gasteiger partial charge in [-0.05, 0) is 43.0 Å². The largest absolute Gasteiger partial charge is 0.354 e. The van der Waals surface area contributed by atoms with Crippen molar-refractivity contribution in [3.8, 4) is 0 Å². The zero-order valence-electron chi connectivity index (χ0n) is 20.7. The number of hydrogen-bond donors (Lipinski definition) is 1. The molecule has 2 amide bonds. The molecule has 0 bridgehead atoms. The van der Waals surface area contributed by atoms with Gasteiger partial charge in [0, 0.05) is 18.1 Å². The quantitative estimate of drug-likeness (QED) is 0.448. The normalized spacial score (nSPS) is 12.3. The predicted octanol–water partition coefficient (Wildman–Crippen LogP) is 4.65. The first-order valence-electron chi connectivity index (χ1n) is 11.4. The molecule has 35 heavy (non-hydrogen) atoms. The number of nitrogens with zero attached hydrogens (tertiary/aromatic N) is 2. The number of benzene rings is 2. The van der Waals surface area contributed by atoms with Crippen LogP contribution in [0.15, 0.2) is 42.5 Å². The maximum atomic E-state index is 13.7. The van der Waals surface area contributed by atoms with E-state index < -0.39 is 28.5 Å². The Morgan fingerprint density at radius 3 is 2.34 bits per heavy atom. The number of hydrogen-bond acceptors (Lipinski definition) is 4. The number of halogens is 2. The molecule has 0 unspecified atom stereocenters. The van der Waals surface area contributed by atoms with Crippen LogP contribution in [0.25, 0.3) is 0 Å². The summed E-state index contributed by atoms with van der Waals surface area (Å²) in [5, 5.41) is 3.31. The van der Waals surface area contributed by atoms with Gasteiger partial charge in [-0.2, -0.15) is 0 Å². The van der Waals surface area contributed by atoms with E-state index in [9.17, 15) is 18.0 Å². The van der Waals surface area contributed by atoms with Gasteiger partial charge in [-0.1, -0.05) is 73.8 Å². The van der Waals surface area contributed by atoms with Gasteiger partial charge in [0.1, 0.15) is 12.6 Å². The van der Waals surface area contributed by atoms with Crippen molar-refractivity contribution in [1.29, 1.82) is 0 Å². The second-order valence-corrected chi connectivity index (χ2v) is 11.7. The molecule has 0 aliphatic rings. The lowest BCUT2D eigenvalue weighted by molar-refractivity contribution is -0.140. The molecule has 0 fully saturated rings. The first kappa shape index (κ1) is 28.9. The monoisotopic (exact) mass is 541 g/mol. The molecule has 1 N–H and O–H groups in total. The van der Waals surface area contributed by atoms with Crippen molar-refractivity contribution in [1.82, 2.24) is 10.2 Å². The summed E-state index contributed by atoms with van der Waals surface area (Å²) in [7, 11) is -3.90. The molecule has 0 aliphatic heterocycles. The zero-order chi connectivity index (χ0) is 26.3. The van der Waals surface area contributed by atoms with Gasteiger partial charge in [0.25, 0.3) is 0 Å². The first-order valence-corrected chi connectivity index (χ1v) is 14.0. The molecule has 192 valence electrons. The summed E-state index contributed by atoms with van der Waals surface area (Å²) < 4.78 is 26.3. The molecule has 0 saturated heterocycles. The minimum Gasteiger partial charge on any atom is -0.354 e. The van der Waals surface area contributed by atoms with Crippen LogP contribution in [0.1, 0.15) is 38.3 Å². The van der Waals surface area contributed by atoms with Crippen LogP contribution in [0.3, 0.4) is 0 Å². The molecule has 0 saturated carbocycles. The van der Waals surface area contributed by atoms with Gasteiger partial charge in [-0.25, -0.2) is 8.42 Å². The molecular formula is C25H33Cl2N3O4S. The average Bonchev–Trinajstić information content (AvgIpc) is 2.76. The Morgan fingerprint density at radius 1 is 1.09 bits per heavy atom. The van der Waals surface area contributed by atoms with Crippen molar-refractivity contribution in [2.45, 2.75) is 46.7 Å². The van der Waals surface area contributed by atoms with Crippen LogP contribution < -0.4 is 9.62 Å². The second kappa shape index (κ2) is 12.6. The van der Waals surface area contributed by atoms with Crippen molar-refractivity contribution in [3.05, 3.63) is 63.6 Å². The fraction of sp³-hybridized carbons (Fsp3) is 0.440. The average molecular weight is 543 g/mol. The van der Waals surface area contributed by atoms with Crippen molar-refractivity contribution in [2.75, 3.05) is 23.7 Å². The highest BCUT2D eigenvalue weighted by Crippen LogP contribution is 2.31. The van der Waals surface area contributed by atoms with Gasteiger partial charge in [0.15, 0.2) is 0 Å². The Balaban J connectivity index is 2.47. The van der Waals surface area contributed by atoms with Crippen LogP contribution >= 0.6 is 23.2 Å². The third-order valence-electron chi connectivity index (χ3n) is 5.36. The molecule has 0 aromatic heterocycles. The van der Waals surface area contributed by atoms with Crippen LogP contribution in [-0.2, 0) is 26.2 Å². The van der Waals surface area contributed by atoms with E-state index in [0.717, 1.165) is 21.7 Å². The number of rotatable bonds is 11.